The van der Waals surface area contributed by atoms with E-state index in [-0.39, 0.29) is 30.4 Å². The Morgan fingerprint density at radius 3 is 2.55 bits per heavy atom. The smallest absolute Gasteiger partial charge is 0.322 e. The number of amides is 3. The van der Waals surface area contributed by atoms with Crippen molar-refractivity contribution in [1.82, 2.24) is 20.9 Å². The highest BCUT2D eigenvalue weighted by Gasteiger charge is 2.73. The summed E-state index contributed by atoms with van der Waals surface area (Å²) in [4.78, 5) is 76.9. The van der Waals surface area contributed by atoms with Gasteiger partial charge in [-0.05, 0) is 69.0 Å². The van der Waals surface area contributed by atoms with Crippen LogP contribution in [0.3, 0.4) is 0 Å². The number of rotatable bonds is 17. The van der Waals surface area contributed by atoms with Gasteiger partial charge in [-0.2, -0.15) is 0 Å². The van der Waals surface area contributed by atoms with Gasteiger partial charge in [-0.15, -0.1) is 11.8 Å². The predicted molar refractivity (Wildman–Crippen MR) is 187 cm³/mol. The SMILES string of the molecule is COC(=O)CC(SCC(NC(=O)CCC(N)C(=O)O)C(=O)NCC(=O)O)C(=O)N[C@@H]1CC[C@@]2(O)[C@H]3Cc4ccc(O)c5c4[C@@]2(CCN3CC2CC2)[C@H]1O5. The Kier molecular flexibility index (Phi) is 11.1. The van der Waals surface area contributed by atoms with Crippen LogP contribution < -0.4 is 26.4 Å². The molecule has 3 fully saturated rings. The summed E-state index contributed by atoms with van der Waals surface area (Å²) in [5.41, 5.74) is 5.21. The third-order valence-electron chi connectivity index (χ3n) is 11.5. The number of carboxylic acids is 2. The van der Waals surface area contributed by atoms with E-state index >= 15 is 0 Å². The maximum Gasteiger partial charge on any atom is 0.322 e. The number of carboxylic acid groups (broad SMARTS) is 2. The van der Waals surface area contributed by atoms with Crippen LogP contribution in [0.4, 0.5) is 0 Å². The number of phenols is 1. The number of phenolic OH excluding ortho intramolecular Hbond substituents is 1. The zero-order chi connectivity index (χ0) is 38.2. The molecule has 2 heterocycles. The Hall–Kier alpha value is -4.13. The third kappa shape index (κ3) is 7.50. The lowest BCUT2D eigenvalue weighted by Crippen LogP contribution is -2.78. The van der Waals surface area contributed by atoms with Gasteiger partial charge in [-0.1, -0.05) is 6.07 Å². The Bertz CT molecular complexity index is 1660. The molecule has 2 aliphatic heterocycles. The maximum atomic E-state index is 14.1. The highest BCUT2D eigenvalue weighted by molar-refractivity contribution is 8.00. The molecule has 8 atom stereocenters. The van der Waals surface area contributed by atoms with Crippen molar-refractivity contribution in [2.45, 2.75) is 104 Å². The molecule has 1 saturated heterocycles. The van der Waals surface area contributed by atoms with Gasteiger partial charge in [0.05, 0.1) is 35.8 Å². The molecule has 18 heteroatoms. The number of hydrogen-bond acceptors (Lipinski definition) is 13. The summed E-state index contributed by atoms with van der Waals surface area (Å²) in [6.07, 6.45) is 2.51. The monoisotopic (exact) mass is 761 g/mol. The van der Waals surface area contributed by atoms with Crippen LogP contribution in [0.25, 0.3) is 0 Å². The van der Waals surface area contributed by atoms with Crippen molar-refractivity contribution in [1.29, 1.82) is 0 Å². The van der Waals surface area contributed by atoms with Crippen molar-refractivity contribution in [2.75, 3.05) is 32.5 Å². The number of ether oxygens (including phenoxy) is 2. The van der Waals surface area contributed by atoms with Gasteiger partial charge in [-0.25, -0.2) is 0 Å². The molecule has 290 valence electrons. The number of nitrogens with one attached hydrogen (secondary N) is 3. The minimum Gasteiger partial charge on any atom is -0.504 e. The van der Waals surface area contributed by atoms with Crippen molar-refractivity contribution in [3.8, 4) is 11.5 Å². The first-order valence-electron chi connectivity index (χ1n) is 17.9. The minimum absolute atomic E-state index is 0.0443. The number of benzene rings is 1. The van der Waals surface area contributed by atoms with Gasteiger partial charge in [0.15, 0.2) is 11.5 Å². The summed E-state index contributed by atoms with van der Waals surface area (Å²) in [7, 11) is 1.16. The van der Waals surface area contributed by atoms with Gasteiger partial charge in [0.25, 0.3) is 0 Å². The summed E-state index contributed by atoms with van der Waals surface area (Å²) in [6, 6.07) is 0.0157. The maximum absolute atomic E-state index is 14.1. The number of methoxy groups -OCH3 is 1. The second kappa shape index (κ2) is 15.3. The highest BCUT2D eigenvalue weighted by Crippen LogP contribution is 2.65. The lowest BCUT2D eigenvalue weighted by atomic mass is 9.48. The molecule has 0 radical (unpaired) electrons. The van der Waals surface area contributed by atoms with Gasteiger partial charge >= 0.3 is 17.9 Å². The molecular formula is C35H47N5O12S. The molecule has 3 unspecified atom stereocenters. The van der Waals surface area contributed by atoms with E-state index in [1.807, 2.05) is 6.07 Å². The van der Waals surface area contributed by atoms with E-state index in [0.717, 1.165) is 43.1 Å². The van der Waals surface area contributed by atoms with E-state index in [9.17, 15) is 39.0 Å². The van der Waals surface area contributed by atoms with Gasteiger partial charge in [0, 0.05) is 30.3 Å². The number of nitrogens with zero attached hydrogens (tertiary/aromatic N) is 1. The van der Waals surface area contributed by atoms with E-state index in [4.69, 9.17) is 25.4 Å². The fraction of sp³-hybridized carbons (Fsp3) is 0.657. The topological polar surface area (TPSA) is 267 Å². The fourth-order valence-corrected chi connectivity index (χ4v) is 9.86. The summed E-state index contributed by atoms with van der Waals surface area (Å²) in [5.74, 6) is -4.92. The number of nitrogens with two attached hydrogens (primary N) is 1. The number of likely N-dealkylation sites (tertiary alicyclic amines) is 1. The van der Waals surface area contributed by atoms with Gasteiger partial charge in [0.2, 0.25) is 17.7 Å². The van der Waals surface area contributed by atoms with Crippen LogP contribution >= 0.6 is 11.8 Å². The quantitative estimate of drug-likeness (QED) is 0.0884. The average Bonchev–Trinajstić information content (AvgIpc) is 3.86. The number of aliphatic hydroxyl groups is 1. The van der Waals surface area contributed by atoms with Crippen LogP contribution in [-0.2, 0) is 45.3 Å². The second-order valence-electron chi connectivity index (χ2n) is 14.8. The molecule has 2 saturated carbocycles. The molecule has 17 nitrogen and oxygen atoms in total. The molecule has 0 aromatic heterocycles. The number of thioether (sulfide) groups is 1. The Balaban J connectivity index is 1.20. The molecule has 1 aromatic carbocycles. The van der Waals surface area contributed by atoms with Crippen molar-refractivity contribution >= 4 is 47.4 Å². The highest BCUT2D eigenvalue weighted by atomic mass is 32.2. The Morgan fingerprint density at radius 2 is 1.87 bits per heavy atom. The van der Waals surface area contributed by atoms with Gasteiger partial charge < -0.3 is 51.6 Å². The number of hydrogen-bond donors (Lipinski definition) is 8. The number of piperidine rings is 1. The van der Waals surface area contributed by atoms with Crippen molar-refractivity contribution in [3.63, 3.8) is 0 Å². The van der Waals surface area contributed by atoms with Crippen LogP contribution in [-0.4, -0.2) is 135 Å². The standard InChI is InChI=1S/C35H47N5O12S/c1-51-27(45)13-23(53-16-21(31(46)37-14-26(43)44)38-25(42)7-5-19(36)33(48)49)32(47)39-20-8-9-35(50)24-12-18-4-6-22(41)29-28(18)34(35,30(20)52-29)10-11-40(24)15-17-2-3-17/h4,6,17,19-21,23-24,30,41,50H,2-3,5,7-16,36H2,1H3,(H,37,46)(H,38,42)(H,39,47)(H,43,44)(H,48,49)/t19?,20-,21?,23?,24-,30+,34+,35-/m1/s1. The predicted octanol–water partition coefficient (Wildman–Crippen LogP) is -1.02. The molecule has 6 rings (SSSR count). The van der Waals surface area contributed by atoms with E-state index in [1.54, 1.807) is 6.07 Å². The normalized spacial score (nSPS) is 28.3. The van der Waals surface area contributed by atoms with Gasteiger partial charge in [0.1, 0.15) is 24.7 Å². The lowest BCUT2D eigenvalue weighted by Gasteiger charge is -2.64. The molecule has 5 aliphatic rings. The molecule has 53 heavy (non-hydrogen) atoms. The van der Waals surface area contributed by atoms with E-state index in [1.165, 1.54) is 12.8 Å². The molecular weight excluding hydrogens is 714 g/mol. The van der Waals surface area contributed by atoms with Crippen LogP contribution in [0.2, 0.25) is 0 Å². The molecule has 3 amide bonds. The number of carbonyl (C=O) groups is 6. The molecule has 3 aliphatic carbocycles. The summed E-state index contributed by atoms with van der Waals surface area (Å²) >= 11 is 0.869. The molecule has 9 N–H and O–H groups in total. The van der Waals surface area contributed by atoms with E-state index < -0.39 is 89.1 Å². The third-order valence-corrected chi connectivity index (χ3v) is 12.8. The number of aromatic hydroxyl groups is 1. The van der Waals surface area contributed by atoms with Crippen molar-refractivity contribution in [3.05, 3.63) is 23.3 Å². The second-order valence-corrected chi connectivity index (χ2v) is 16.0. The van der Waals surface area contributed by atoms with E-state index in [2.05, 4.69) is 20.9 Å². The van der Waals surface area contributed by atoms with E-state index in [0.29, 0.717) is 37.4 Å². The number of esters is 1. The number of aliphatic carboxylic acids is 2. The van der Waals surface area contributed by atoms with Crippen LogP contribution in [0.1, 0.15) is 62.5 Å². The van der Waals surface area contributed by atoms with Crippen molar-refractivity contribution < 1.29 is 58.7 Å². The zero-order valence-corrected chi connectivity index (χ0v) is 30.2. The Morgan fingerprint density at radius 1 is 1.11 bits per heavy atom. The van der Waals surface area contributed by atoms with Crippen LogP contribution in [0.15, 0.2) is 12.1 Å². The first-order chi connectivity index (χ1) is 25.2. The summed E-state index contributed by atoms with van der Waals surface area (Å²) in [6.45, 7) is 0.883. The molecule has 1 aromatic rings. The number of carbonyl (C=O) groups excluding carboxylic acids is 4. The zero-order valence-electron chi connectivity index (χ0n) is 29.4. The first kappa shape index (κ1) is 38.6. The summed E-state index contributed by atoms with van der Waals surface area (Å²) < 4.78 is 11.4. The molecule has 2 bridgehead atoms. The van der Waals surface area contributed by atoms with Gasteiger partial charge in [-0.3, -0.25) is 33.7 Å². The van der Waals surface area contributed by atoms with Crippen LogP contribution in [0.5, 0.6) is 11.5 Å². The lowest BCUT2D eigenvalue weighted by molar-refractivity contribution is -0.192. The fourth-order valence-electron chi connectivity index (χ4n) is 8.72. The molecule has 1 spiro atoms. The van der Waals surface area contributed by atoms with Crippen molar-refractivity contribution in [2.24, 2.45) is 11.7 Å². The average molecular weight is 762 g/mol. The minimum atomic E-state index is -1.36. The first-order valence-corrected chi connectivity index (χ1v) is 19.0. The summed E-state index contributed by atoms with van der Waals surface area (Å²) in [5, 5.41) is 48.3. The Labute approximate surface area is 309 Å². The van der Waals surface area contributed by atoms with Crippen LogP contribution in [0, 0.1) is 5.92 Å². The largest absolute Gasteiger partial charge is 0.504 e.